The van der Waals surface area contributed by atoms with Gasteiger partial charge in [-0.25, -0.2) is 4.98 Å². The summed E-state index contributed by atoms with van der Waals surface area (Å²) >= 11 is 3.49. The molecular weight excluding hydrogens is 296 g/mol. The summed E-state index contributed by atoms with van der Waals surface area (Å²) in [4.78, 5) is 8.02. The van der Waals surface area contributed by atoms with Crippen LogP contribution in [0, 0.1) is 6.92 Å². The first kappa shape index (κ1) is 12.6. The van der Waals surface area contributed by atoms with Crippen molar-refractivity contribution in [2.45, 2.75) is 6.92 Å². The van der Waals surface area contributed by atoms with Gasteiger partial charge in [0.05, 0.1) is 12.8 Å². The fourth-order valence-corrected chi connectivity index (χ4v) is 2.08. The number of nitrogen functional groups attached to an aromatic ring is 1. The van der Waals surface area contributed by atoms with Crippen LogP contribution in [0.15, 0.2) is 29.0 Å². The third-order valence-corrected chi connectivity index (χ3v) is 3.07. The predicted octanol–water partition coefficient (Wildman–Crippen LogP) is 2.88. The molecule has 1 aromatic carbocycles. The van der Waals surface area contributed by atoms with Crippen molar-refractivity contribution in [2.75, 3.05) is 18.2 Å². The summed E-state index contributed by atoms with van der Waals surface area (Å²) in [6.45, 7) is 2.02. The summed E-state index contributed by atoms with van der Waals surface area (Å²) in [7, 11) is 1.52. The second-order valence-electron chi connectivity index (χ2n) is 3.75. The molecule has 0 unspecified atom stereocenters. The van der Waals surface area contributed by atoms with Gasteiger partial charge in [0.1, 0.15) is 12.0 Å². The van der Waals surface area contributed by atoms with Gasteiger partial charge in [-0.05, 0) is 40.5 Å². The van der Waals surface area contributed by atoms with E-state index in [0.717, 1.165) is 10.2 Å². The Hall–Kier alpha value is -1.82. The van der Waals surface area contributed by atoms with Crippen molar-refractivity contribution in [2.24, 2.45) is 0 Å². The zero-order valence-corrected chi connectivity index (χ0v) is 11.7. The molecule has 0 saturated heterocycles. The van der Waals surface area contributed by atoms with E-state index < -0.39 is 0 Å². The summed E-state index contributed by atoms with van der Waals surface area (Å²) in [6, 6.07) is 5.96. The Bertz CT molecular complexity index is 574. The molecule has 0 bridgehead atoms. The molecule has 94 valence electrons. The van der Waals surface area contributed by atoms with E-state index in [-0.39, 0.29) is 0 Å². The number of aryl methyl sites for hydroxylation is 1. The van der Waals surface area contributed by atoms with Crippen molar-refractivity contribution in [3.63, 3.8) is 0 Å². The summed E-state index contributed by atoms with van der Waals surface area (Å²) in [5.41, 5.74) is 8.33. The number of benzene rings is 1. The monoisotopic (exact) mass is 308 g/mol. The minimum absolute atomic E-state index is 0.357. The second-order valence-corrected chi connectivity index (χ2v) is 4.61. The number of nitrogens with one attached hydrogen (secondary N) is 1. The van der Waals surface area contributed by atoms with Crippen LogP contribution >= 0.6 is 15.9 Å². The molecule has 3 N–H and O–H groups in total. The lowest BCUT2D eigenvalue weighted by Gasteiger charge is -2.11. The first-order valence-electron chi connectivity index (χ1n) is 5.29. The SMILES string of the molecule is COc1ncnc(Nc2ccc(C)cc2Br)c1N. The van der Waals surface area contributed by atoms with E-state index in [0.29, 0.717) is 17.4 Å². The number of methoxy groups -OCH3 is 1. The third kappa shape index (κ3) is 2.53. The lowest BCUT2D eigenvalue weighted by molar-refractivity contribution is 0.399. The fraction of sp³-hybridized carbons (Fsp3) is 0.167. The van der Waals surface area contributed by atoms with Crippen LogP contribution in [0.1, 0.15) is 5.56 Å². The van der Waals surface area contributed by atoms with Gasteiger partial charge in [-0.15, -0.1) is 0 Å². The average molecular weight is 309 g/mol. The molecule has 1 heterocycles. The van der Waals surface area contributed by atoms with Crippen LogP contribution in [0.2, 0.25) is 0 Å². The van der Waals surface area contributed by atoms with E-state index in [9.17, 15) is 0 Å². The van der Waals surface area contributed by atoms with E-state index in [1.807, 2.05) is 25.1 Å². The molecule has 6 heteroatoms. The standard InChI is InChI=1S/C12H13BrN4O/c1-7-3-4-9(8(13)5-7)17-11-10(14)12(18-2)16-6-15-11/h3-6H,14H2,1-2H3,(H,15,16,17). The number of hydrogen-bond acceptors (Lipinski definition) is 5. The molecule has 2 aromatic rings. The Kier molecular flexibility index (Phi) is 3.66. The van der Waals surface area contributed by atoms with Crippen LogP contribution in [-0.2, 0) is 0 Å². The highest BCUT2D eigenvalue weighted by Gasteiger charge is 2.09. The maximum atomic E-state index is 5.89. The number of ether oxygens (including phenoxy) is 1. The number of rotatable bonds is 3. The number of halogens is 1. The first-order chi connectivity index (χ1) is 8.61. The van der Waals surface area contributed by atoms with Gasteiger partial charge >= 0.3 is 0 Å². The second kappa shape index (κ2) is 5.22. The topological polar surface area (TPSA) is 73.1 Å². The van der Waals surface area contributed by atoms with Gasteiger partial charge in [-0.1, -0.05) is 6.07 Å². The van der Waals surface area contributed by atoms with Crippen LogP contribution in [0.4, 0.5) is 17.2 Å². The molecule has 0 radical (unpaired) electrons. The largest absolute Gasteiger partial charge is 0.479 e. The van der Waals surface area contributed by atoms with Crippen LogP contribution in [0.3, 0.4) is 0 Å². The minimum atomic E-state index is 0.357. The molecule has 0 spiro atoms. The van der Waals surface area contributed by atoms with Gasteiger partial charge in [-0.2, -0.15) is 4.98 Å². The quantitative estimate of drug-likeness (QED) is 0.912. The molecule has 0 aliphatic carbocycles. The molecule has 0 amide bonds. The summed E-state index contributed by atoms with van der Waals surface area (Å²) in [5, 5.41) is 3.14. The van der Waals surface area contributed by atoms with E-state index in [4.69, 9.17) is 10.5 Å². The number of nitrogens with two attached hydrogens (primary N) is 1. The van der Waals surface area contributed by atoms with Crippen molar-refractivity contribution >= 4 is 33.1 Å². The Labute approximate surface area is 114 Å². The van der Waals surface area contributed by atoms with Crippen molar-refractivity contribution < 1.29 is 4.74 Å². The Morgan fingerprint density at radius 3 is 2.78 bits per heavy atom. The lowest BCUT2D eigenvalue weighted by Crippen LogP contribution is -2.03. The van der Waals surface area contributed by atoms with Crippen molar-refractivity contribution in [1.29, 1.82) is 0 Å². The molecule has 5 nitrogen and oxygen atoms in total. The fourth-order valence-electron chi connectivity index (χ4n) is 1.49. The molecule has 1 aromatic heterocycles. The summed E-state index contributed by atoms with van der Waals surface area (Å²) in [5.74, 6) is 0.877. The Balaban J connectivity index is 2.34. The van der Waals surface area contributed by atoms with Gasteiger partial charge in [0, 0.05) is 4.47 Å². The highest BCUT2D eigenvalue weighted by molar-refractivity contribution is 9.10. The summed E-state index contributed by atoms with van der Waals surface area (Å²) < 4.78 is 5.99. The molecule has 0 aliphatic heterocycles. The van der Waals surface area contributed by atoms with Gasteiger partial charge in [0.2, 0.25) is 5.88 Å². The van der Waals surface area contributed by atoms with Crippen molar-refractivity contribution in [3.8, 4) is 5.88 Å². The molecule has 0 saturated carbocycles. The van der Waals surface area contributed by atoms with Gasteiger partial charge < -0.3 is 15.8 Å². The van der Waals surface area contributed by atoms with Gasteiger partial charge in [0.15, 0.2) is 5.82 Å². The van der Waals surface area contributed by atoms with Crippen molar-refractivity contribution in [3.05, 3.63) is 34.6 Å². The molecule has 18 heavy (non-hydrogen) atoms. The minimum Gasteiger partial charge on any atom is -0.479 e. The molecule has 0 atom stereocenters. The van der Waals surface area contributed by atoms with Gasteiger partial charge in [0.25, 0.3) is 0 Å². The van der Waals surface area contributed by atoms with Crippen molar-refractivity contribution in [1.82, 2.24) is 9.97 Å². The number of anilines is 3. The summed E-state index contributed by atoms with van der Waals surface area (Å²) in [6.07, 6.45) is 1.40. The zero-order chi connectivity index (χ0) is 13.1. The smallest absolute Gasteiger partial charge is 0.242 e. The number of aromatic nitrogens is 2. The van der Waals surface area contributed by atoms with E-state index in [1.54, 1.807) is 0 Å². The van der Waals surface area contributed by atoms with Crippen LogP contribution in [0.25, 0.3) is 0 Å². The maximum Gasteiger partial charge on any atom is 0.242 e. The highest BCUT2D eigenvalue weighted by atomic mass is 79.9. The number of hydrogen-bond donors (Lipinski definition) is 2. The lowest BCUT2D eigenvalue weighted by atomic mass is 10.2. The van der Waals surface area contributed by atoms with Crippen LogP contribution in [-0.4, -0.2) is 17.1 Å². The van der Waals surface area contributed by atoms with E-state index >= 15 is 0 Å². The molecule has 0 fully saturated rings. The maximum absolute atomic E-state index is 5.89. The van der Waals surface area contributed by atoms with E-state index in [2.05, 4.69) is 31.2 Å². The highest BCUT2D eigenvalue weighted by Crippen LogP contribution is 2.30. The zero-order valence-electron chi connectivity index (χ0n) is 10.1. The number of nitrogens with zero attached hydrogens (tertiary/aromatic N) is 2. The molecule has 2 rings (SSSR count). The first-order valence-corrected chi connectivity index (χ1v) is 6.08. The Morgan fingerprint density at radius 1 is 1.33 bits per heavy atom. The van der Waals surface area contributed by atoms with E-state index in [1.165, 1.54) is 19.0 Å². The molecular formula is C12H13BrN4O. The Morgan fingerprint density at radius 2 is 2.11 bits per heavy atom. The average Bonchev–Trinajstić information content (AvgIpc) is 2.35. The normalized spacial score (nSPS) is 10.2. The van der Waals surface area contributed by atoms with Gasteiger partial charge in [-0.3, -0.25) is 0 Å². The third-order valence-electron chi connectivity index (χ3n) is 2.42. The molecule has 0 aliphatic rings. The predicted molar refractivity (Wildman–Crippen MR) is 75.2 cm³/mol. The van der Waals surface area contributed by atoms with Crippen LogP contribution < -0.4 is 15.8 Å². The van der Waals surface area contributed by atoms with Crippen LogP contribution in [0.5, 0.6) is 5.88 Å².